The Morgan fingerprint density at radius 3 is 2.31 bits per heavy atom. The van der Waals surface area contributed by atoms with Crippen molar-refractivity contribution in [1.82, 2.24) is 4.98 Å². The summed E-state index contributed by atoms with van der Waals surface area (Å²) in [5, 5.41) is 11.6. The number of piperidine rings is 1. The molecule has 1 aromatic heterocycles. The minimum absolute atomic E-state index is 0.228. The first-order chi connectivity index (χ1) is 15.5. The molecule has 0 spiro atoms. The van der Waals surface area contributed by atoms with Crippen LogP contribution in [-0.4, -0.2) is 53.3 Å². The number of hydrogen-bond acceptors (Lipinski definition) is 4. The Morgan fingerprint density at radius 1 is 1.06 bits per heavy atom. The normalized spacial score (nSPS) is 21.1. The molecule has 3 aromatic rings. The minimum Gasteiger partial charge on any atom is -0.454 e. The van der Waals surface area contributed by atoms with Gasteiger partial charge in [-0.1, -0.05) is 66.7 Å². The van der Waals surface area contributed by atoms with Gasteiger partial charge < -0.3 is 14.3 Å². The highest BCUT2D eigenvalue weighted by Crippen LogP contribution is 2.32. The molecule has 0 amide bonds. The Kier molecular flexibility index (Phi) is 6.68. The van der Waals surface area contributed by atoms with Crippen LogP contribution in [0.2, 0.25) is 0 Å². The zero-order chi connectivity index (χ0) is 22.4. The largest absolute Gasteiger partial charge is 0.454 e. The lowest BCUT2D eigenvalue weighted by atomic mass is 9.86. The molecule has 5 nitrogen and oxygen atoms in total. The van der Waals surface area contributed by atoms with Crippen molar-refractivity contribution in [1.29, 1.82) is 0 Å². The average Bonchev–Trinajstić information content (AvgIpc) is 2.84. The molecule has 5 heteroatoms. The maximum absolute atomic E-state index is 13.4. The number of aromatic nitrogens is 1. The van der Waals surface area contributed by atoms with Crippen molar-refractivity contribution >= 4 is 5.97 Å². The van der Waals surface area contributed by atoms with Gasteiger partial charge in [-0.05, 0) is 29.2 Å². The standard InChI is InChI=1S/C27H31N2O3/c1-29(19-16-22-10-8-17-28-20-22)18-9-15-25(21-29)32-26(30)27(31,23-11-4-2-5-12-23)24-13-6-3-7-14-24/h2-8,10-14,17,20,25,31H,9,15-16,18-19,21H2,1H3/q+1/t25?,29-/m1/s1. The molecule has 2 heterocycles. The second kappa shape index (κ2) is 9.63. The molecule has 1 fully saturated rings. The topological polar surface area (TPSA) is 59.4 Å². The van der Waals surface area contributed by atoms with Crippen LogP contribution in [0.5, 0.6) is 0 Å². The summed E-state index contributed by atoms with van der Waals surface area (Å²) in [5.74, 6) is -0.611. The molecule has 1 aliphatic heterocycles. The number of likely N-dealkylation sites (N-methyl/N-ethyl adjacent to an activating group) is 1. The summed E-state index contributed by atoms with van der Waals surface area (Å²) in [6.07, 6.45) is 6.20. The molecule has 0 radical (unpaired) electrons. The highest BCUT2D eigenvalue weighted by Gasteiger charge is 2.44. The van der Waals surface area contributed by atoms with Crippen LogP contribution in [0, 0.1) is 0 Å². The van der Waals surface area contributed by atoms with Crippen molar-refractivity contribution in [3.8, 4) is 0 Å². The van der Waals surface area contributed by atoms with Crippen LogP contribution < -0.4 is 0 Å². The van der Waals surface area contributed by atoms with Crippen LogP contribution in [0.15, 0.2) is 85.2 Å². The SMILES string of the molecule is C[N@+]1(CCc2cccnc2)CCCC(OC(=O)C(O)(c2ccccc2)c2ccccc2)C1. The van der Waals surface area contributed by atoms with Crippen molar-refractivity contribution in [2.75, 3.05) is 26.7 Å². The van der Waals surface area contributed by atoms with E-state index in [0.29, 0.717) is 11.1 Å². The fourth-order valence-electron chi connectivity index (χ4n) is 4.62. The van der Waals surface area contributed by atoms with Gasteiger partial charge in [0.05, 0.1) is 20.1 Å². The molecule has 0 aliphatic carbocycles. The summed E-state index contributed by atoms with van der Waals surface area (Å²) in [6, 6.07) is 22.2. The number of quaternary nitrogens is 1. The molecular formula is C27H31N2O3+. The second-order valence-corrected chi connectivity index (χ2v) is 8.97. The van der Waals surface area contributed by atoms with E-state index in [2.05, 4.69) is 18.1 Å². The Hall–Kier alpha value is -3.02. The second-order valence-electron chi connectivity index (χ2n) is 8.97. The highest BCUT2D eigenvalue weighted by molar-refractivity contribution is 5.85. The van der Waals surface area contributed by atoms with Gasteiger partial charge in [0, 0.05) is 25.2 Å². The van der Waals surface area contributed by atoms with Gasteiger partial charge >= 0.3 is 5.97 Å². The quantitative estimate of drug-likeness (QED) is 0.458. The van der Waals surface area contributed by atoms with Gasteiger partial charge in [-0.3, -0.25) is 4.98 Å². The number of esters is 1. The van der Waals surface area contributed by atoms with Gasteiger partial charge in [0.2, 0.25) is 5.60 Å². The number of carbonyl (C=O) groups excluding carboxylic acids is 1. The molecule has 1 saturated heterocycles. The minimum atomic E-state index is -1.83. The number of rotatable bonds is 7. The van der Waals surface area contributed by atoms with Gasteiger partial charge in [-0.25, -0.2) is 4.79 Å². The molecule has 1 aliphatic rings. The fourth-order valence-corrected chi connectivity index (χ4v) is 4.62. The van der Waals surface area contributed by atoms with E-state index in [1.54, 1.807) is 30.5 Å². The highest BCUT2D eigenvalue weighted by atomic mass is 16.6. The summed E-state index contributed by atoms with van der Waals surface area (Å²) in [5.41, 5.74) is 0.411. The maximum atomic E-state index is 13.4. The predicted octanol–water partition coefficient (Wildman–Crippen LogP) is 3.71. The van der Waals surface area contributed by atoms with Crippen LogP contribution in [0.3, 0.4) is 0 Å². The van der Waals surface area contributed by atoms with E-state index in [-0.39, 0.29) is 6.10 Å². The summed E-state index contributed by atoms with van der Waals surface area (Å²) in [4.78, 5) is 17.6. The third-order valence-electron chi connectivity index (χ3n) is 6.48. The molecule has 32 heavy (non-hydrogen) atoms. The number of benzene rings is 2. The molecule has 2 atom stereocenters. The summed E-state index contributed by atoms with van der Waals surface area (Å²) >= 11 is 0. The van der Waals surface area contributed by atoms with E-state index < -0.39 is 11.6 Å². The first kappa shape index (κ1) is 22.2. The van der Waals surface area contributed by atoms with E-state index in [9.17, 15) is 9.90 Å². The molecule has 0 saturated carbocycles. The lowest BCUT2D eigenvalue weighted by molar-refractivity contribution is -0.916. The zero-order valence-corrected chi connectivity index (χ0v) is 18.6. The number of hydrogen-bond donors (Lipinski definition) is 1. The van der Waals surface area contributed by atoms with Gasteiger partial charge in [0.25, 0.3) is 0 Å². The third kappa shape index (κ3) is 4.90. The Labute approximate surface area is 189 Å². The number of nitrogens with zero attached hydrogens (tertiary/aromatic N) is 2. The third-order valence-corrected chi connectivity index (χ3v) is 6.48. The number of carbonyl (C=O) groups is 1. The molecular weight excluding hydrogens is 400 g/mol. The predicted molar refractivity (Wildman–Crippen MR) is 124 cm³/mol. The molecule has 0 bridgehead atoms. The van der Waals surface area contributed by atoms with E-state index in [0.717, 1.165) is 43.4 Å². The molecule has 4 rings (SSSR count). The van der Waals surface area contributed by atoms with Crippen molar-refractivity contribution in [3.05, 3.63) is 102 Å². The van der Waals surface area contributed by atoms with E-state index in [1.165, 1.54) is 5.56 Å². The lowest BCUT2D eigenvalue weighted by Crippen LogP contribution is -2.55. The van der Waals surface area contributed by atoms with Crippen molar-refractivity contribution in [2.45, 2.75) is 31.0 Å². The van der Waals surface area contributed by atoms with Crippen LogP contribution in [0.4, 0.5) is 0 Å². The Bertz CT molecular complexity index is 971. The number of aliphatic hydroxyl groups is 1. The van der Waals surface area contributed by atoms with Gasteiger partial charge in [0.1, 0.15) is 6.54 Å². The zero-order valence-electron chi connectivity index (χ0n) is 18.6. The first-order valence-corrected chi connectivity index (χ1v) is 11.3. The number of ether oxygens (including phenoxy) is 1. The Balaban J connectivity index is 1.49. The number of likely N-dealkylation sites (tertiary alicyclic amines) is 1. The maximum Gasteiger partial charge on any atom is 0.348 e. The van der Waals surface area contributed by atoms with Crippen LogP contribution in [-0.2, 0) is 21.6 Å². The van der Waals surface area contributed by atoms with E-state index in [4.69, 9.17) is 4.74 Å². The molecule has 1 N–H and O–H groups in total. The van der Waals surface area contributed by atoms with Crippen LogP contribution in [0.1, 0.15) is 29.5 Å². The summed E-state index contributed by atoms with van der Waals surface area (Å²) < 4.78 is 6.83. The molecule has 166 valence electrons. The van der Waals surface area contributed by atoms with E-state index >= 15 is 0 Å². The average molecular weight is 432 g/mol. The molecule has 1 unspecified atom stereocenters. The van der Waals surface area contributed by atoms with Gasteiger partial charge in [-0.2, -0.15) is 0 Å². The van der Waals surface area contributed by atoms with E-state index in [1.807, 2.05) is 48.7 Å². The van der Waals surface area contributed by atoms with Crippen LogP contribution in [0.25, 0.3) is 0 Å². The monoisotopic (exact) mass is 431 g/mol. The smallest absolute Gasteiger partial charge is 0.348 e. The summed E-state index contributed by atoms with van der Waals surface area (Å²) in [6.45, 7) is 2.75. The van der Waals surface area contributed by atoms with Crippen molar-refractivity contribution < 1.29 is 19.1 Å². The van der Waals surface area contributed by atoms with Crippen molar-refractivity contribution in [3.63, 3.8) is 0 Å². The Morgan fingerprint density at radius 2 is 1.72 bits per heavy atom. The fraction of sp³-hybridized carbons (Fsp3) is 0.333. The van der Waals surface area contributed by atoms with Crippen molar-refractivity contribution in [2.24, 2.45) is 0 Å². The first-order valence-electron chi connectivity index (χ1n) is 11.3. The van der Waals surface area contributed by atoms with Crippen LogP contribution >= 0.6 is 0 Å². The number of pyridine rings is 1. The lowest BCUT2D eigenvalue weighted by Gasteiger charge is -2.41. The molecule has 2 aromatic carbocycles. The van der Waals surface area contributed by atoms with Gasteiger partial charge in [0.15, 0.2) is 6.10 Å². The van der Waals surface area contributed by atoms with Gasteiger partial charge in [-0.15, -0.1) is 0 Å². The summed E-state index contributed by atoms with van der Waals surface area (Å²) in [7, 11) is 2.22.